The average Bonchev–Trinajstić information content (AvgIpc) is 2.84. The van der Waals surface area contributed by atoms with Crippen molar-refractivity contribution in [3.05, 3.63) is 22.7 Å². The minimum absolute atomic E-state index is 0.142. The number of nitrogens with zero attached hydrogens (tertiary/aromatic N) is 2. The zero-order valence-electron chi connectivity index (χ0n) is 11.6. The highest BCUT2D eigenvalue weighted by molar-refractivity contribution is 8.00. The Balaban J connectivity index is 2.01. The van der Waals surface area contributed by atoms with Crippen LogP contribution >= 0.6 is 11.8 Å². The number of esters is 1. The first-order valence-corrected chi connectivity index (χ1v) is 7.28. The molecule has 1 aromatic rings. The van der Waals surface area contributed by atoms with Gasteiger partial charge in [-0.05, 0) is 6.07 Å². The van der Waals surface area contributed by atoms with E-state index < -0.39 is 11.9 Å². The molecule has 1 amide bonds. The van der Waals surface area contributed by atoms with E-state index in [-0.39, 0.29) is 29.7 Å². The van der Waals surface area contributed by atoms with Crippen molar-refractivity contribution in [2.75, 3.05) is 17.7 Å². The fraction of sp³-hybridized carbons (Fsp3) is 0.500. The molecule has 0 saturated carbocycles. The Morgan fingerprint density at radius 2 is 2.33 bits per heavy atom. The summed E-state index contributed by atoms with van der Waals surface area (Å²) in [5.41, 5.74) is -0.819. The molecular formula is C12H15N3O5S. The van der Waals surface area contributed by atoms with Crippen LogP contribution < -0.4 is 11.0 Å². The monoisotopic (exact) mass is 313 g/mol. The SMILES string of the molecule is CC(=O)Nc1ccn([C@H]2CS[C@@H](COC(C)=O)O2)c(=O)n1. The first-order chi connectivity index (χ1) is 9.95. The van der Waals surface area contributed by atoms with Gasteiger partial charge < -0.3 is 14.8 Å². The summed E-state index contributed by atoms with van der Waals surface area (Å²) in [6, 6.07) is 1.52. The minimum atomic E-state index is -0.514. The number of ether oxygens (including phenoxy) is 2. The number of carbonyl (C=O) groups is 2. The lowest BCUT2D eigenvalue weighted by Gasteiger charge is -2.14. The van der Waals surface area contributed by atoms with E-state index in [0.717, 1.165) is 0 Å². The smallest absolute Gasteiger partial charge is 0.351 e. The molecule has 8 nitrogen and oxygen atoms in total. The normalized spacial score (nSPS) is 21.0. The third-order valence-corrected chi connectivity index (χ3v) is 3.70. The summed E-state index contributed by atoms with van der Waals surface area (Å²) in [6.07, 6.45) is 1.04. The zero-order valence-corrected chi connectivity index (χ0v) is 12.4. The number of nitrogens with one attached hydrogen (secondary N) is 1. The molecule has 0 bridgehead atoms. The van der Waals surface area contributed by atoms with Crippen molar-refractivity contribution in [3.63, 3.8) is 0 Å². The number of thioether (sulfide) groups is 1. The van der Waals surface area contributed by atoms with Crippen LogP contribution in [0.2, 0.25) is 0 Å². The summed E-state index contributed by atoms with van der Waals surface area (Å²) in [5, 5.41) is 2.44. The molecule has 2 heterocycles. The third-order valence-electron chi connectivity index (χ3n) is 2.60. The van der Waals surface area contributed by atoms with Crippen molar-refractivity contribution >= 4 is 29.5 Å². The van der Waals surface area contributed by atoms with Crippen molar-refractivity contribution in [3.8, 4) is 0 Å². The number of anilines is 1. The summed E-state index contributed by atoms with van der Waals surface area (Å²) in [5.74, 6) is 0.0771. The van der Waals surface area contributed by atoms with Crippen LogP contribution in [0.3, 0.4) is 0 Å². The molecule has 114 valence electrons. The average molecular weight is 313 g/mol. The Morgan fingerprint density at radius 1 is 1.57 bits per heavy atom. The molecule has 1 fully saturated rings. The van der Waals surface area contributed by atoms with E-state index in [0.29, 0.717) is 5.75 Å². The van der Waals surface area contributed by atoms with Crippen LogP contribution in [0.4, 0.5) is 5.82 Å². The van der Waals surface area contributed by atoms with Gasteiger partial charge in [-0.25, -0.2) is 4.79 Å². The lowest BCUT2D eigenvalue weighted by atomic mass is 10.5. The molecule has 1 N–H and O–H groups in total. The van der Waals surface area contributed by atoms with Gasteiger partial charge in [-0.15, -0.1) is 11.8 Å². The largest absolute Gasteiger partial charge is 0.462 e. The highest BCUT2D eigenvalue weighted by Crippen LogP contribution is 2.31. The van der Waals surface area contributed by atoms with Gasteiger partial charge in [0, 0.05) is 25.8 Å². The molecule has 0 radical (unpaired) electrons. The number of hydrogen-bond donors (Lipinski definition) is 1. The van der Waals surface area contributed by atoms with E-state index in [2.05, 4.69) is 10.3 Å². The van der Waals surface area contributed by atoms with Gasteiger partial charge in [-0.1, -0.05) is 0 Å². The maximum Gasteiger partial charge on any atom is 0.351 e. The van der Waals surface area contributed by atoms with Crippen LogP contribution in [0.1, 0.15) is 20.1 Å². The Kier molecular flexibility index (Phi) is 4.97. The van der Waals surface area contributed by atoms with Gasteiger partial charge >= 0.3 is 11.7 Å². The summed E-state index contributed by atoms with van der Waals surface area (Å²) in [7, 11) is 0. The van der Waals surface area contributed by atoms with Crippen molar-refractivity contribution in [2.24, 2.45) is 0 Å². The van der Waals surface area contributed by atoms with Crippen molar-refractivity contribution in [1.29, 1.82) is 0 Å². The molecule has 1 aliphatic heterocycles. The van der Waals surface area contributed by atoms with Crippen molar-refractivity contribution in [2.45, 2.75) is 25.5 Å². The Bertz CT molecular complexity index is 603. The topological polar surface area (TPSA) is 99.5 Å². The first-order valence-electron chi connectivity index (χ1n) is 6.23. The van der Waals surface area contributed by atoms with Gasteiger partial charge in [-0.2, -0.15) is 4.98 Å². The van der Waals surface area contributed by atoms with Gasteiger partial charge in [0.2, 0.25) is 5.91 Å². The third kappa shape index (κ3) is 4.30. The van der Waals surface area contributed by atoms with Crippen molar-refractivity contribution in [1.82, 2.24) is 9.55 Å². The highest BCUT2D eigenvalue weighted by atomic mass is 32.2. The number of aromatic nitrogens is 2. The van der Waals surface area contributed by atoms with E-state index >= 15 is 0 Å². The fourth-order valence-corrected chi connectivity index (χ4v) is 2.73. The molecule has 21 heavy (non-hydrogen) atoms. The van der Waals surface area contributed by atoms with E-state index in [1.807, 2.05) is 0 Å². The van der Waals surface area contributed by atoms with E-state index in [1.165, 1.54) is 42.4 Å². The van der Waals surface area contributed by atoms with E-state index in [1.54, 1.807) is 0 Å². The molecule has 2 rings (SSSR count). The van der Waals surface area contributed by atoms with Gasteiger partial charge in [0.15, 0.2) is 0 Å². The highest BCUT2D eigenvalue weighted by Gasteiger charge is 2.28. The number of carbonyl (C=O) groups excluding carboxylic acids is 2. The molecule has 1 saturated heterocycles. The predicted octanol–water partition coefficient (Wildman–Crippen LogP) is 0.353. The molecule has 1 aromatic heterocycles. The molecule has 2 atom stereocenters. The van der Waals surface area contributed by atoms with Gasteiger partial charge in [0.05, 0.1) is 0 Å². The molecule has 0 unspecified atom stereocenters. The molecular weight excluding hydrogens is 298 g/mol. The van der Waals surface area contributed by atoms with Crippen molar-refractivity contribution < 1.29 is 19.1 Å². The standard InChI is InChI=1S/C12H15N3O5S/c1-7(16)13-9-3-4-15(12(18)14-9)10-6-21-11(20-10)5-19-8(2)17/h3-4,10-11H,5-6H2,1-2H3,(H,13,14,16,18)/t10-,11+/m1/s1. The van der Waals surface area contributed by atoms with Gasteiger partial charge in [-0.3, -0.25) is 14.2 Å². The molecule has 0 aliphatic carbocycles. The van der Waals surface area contributed by atoms with Crippen LogP contribution in [-0.4, -0.2) is 39.2 Å². The summed E-state index contributed by atoms with van der Waals surface area (Å²) in [6.45, 7) is 2.80. The maximum absolute atomic E-state index is 11.9. The second-order valence-electron chi connectivity index (χ2n) is 4.34. The molecule has 0 spiro atoms. The Hall–Kier alpha value is -1.87. The lowest BCUT2D eigenvalue weighted by Crippen LogP contribution is -2.29. The lowest BCUT2D eigenvalue weighted by molar-refractivity contribution is -0.144. The number of hydrogen-bond acceptors (Lipinski definition) is 7. The fourth-order valence-electron chi connectivity index (χ4n) is 1.74. The number of amides is 1. The summed E-state index contributed by atoms with van der Waals surface area (Å²) >= 11 is 1.45. The van der Waals surface area contributed by atoms with Crippen LogP contribution in [0.15, 0.2) is 17.1 Å². The predicted molar refractivity (Wildman–Crippen MR) is 75.8 cm³/mol. The first kappa shape index (κ1) is 15.5. The second kappa shape index (κ2) is 6.72. The van der Waals surface area contributed by atoms with Crippen LogP contribution in [0.5, 0.6) is 0 Å². The zero-order chi connectivity index (χ0) is 15.4. The molecule has 9 heteroatoms. The van der Waals surface area contributed by atoms with Gasteiger partial charge in [0.1, 0.15) is 24.1 Å². The molecule has 1 aliphatic rings. The van der Waals surface area contributed by atoms with E-state index in [9.17, 15) is 14.4 Å². The van der Waals surface area contributed by atoms with Crippen LogP contribution in [0, 0.1) is 0 Å². The number of rotatable bonds is 4. The minimum Gasteiger partial charge on any atom is -0.462 e. The summed E-state index contributed by atoms with van der Waals surface area (Å²) < 4.78 is 11.8. The maximum atomic E-state index is 11.9. The van der Waals surface area contributed by atoms with Crippen LogP contribution in [-0.2, 0) is 19.1 Å². The Labute approximate surface area is 124 Å². The molecule has 0 aromatic carbocycles. The van der Waals surface area contributed by atoms with Crippen LogP contribution in [0.25, 0.3) is 0 Å². The Morgan fingerprint density at radius 3 is 2.95 bits per heavy atom. The summed E-state index contributed by atoms with van der Waals surface area (Å²) in [4.78, 5) is 37.3. The van der Waals surface area contributed by atoms with Gasteiger partial charge in [0.25, 0.3) is 0 Å². The second-order valence-corrected chi connectivity index (χ2v) is 5.53. The quantitative estimate of drug-likeness (QED) is 0.801. The van der Waals surface area contributed by atoms with E-state index in [4.69, 9.17) is 9.47 Å².